The van der Waals surface area contributed by atoms with E-state index in [4.69, 9.17) is 4.74 Å². The molecule has 1 amide bonds. The second-order valence-corrected chi connectivity index (χ2v) is 7.49. The van der Waals surface area contributed by atoms with Crippen molar-refractivity contribution < 1.29 is 23.4 Å². The normalized spacial score (nSPS) is 11.6. The number of phenols is 1. The van der Waals surface area contributed by atoms with Crippen LogP contribution in [0.15, 0.2) is 36.7 Å². The molecule has 0 aliphatic heterocycles. The van der Waals surface area contributed by atoms with Crippen LogP contribution in [-0.2, 0) is 11.3 Å². The van der Waals surface area contributed by atoms with E-state index in [-0.39, 0.29) is 12.1 Å². The van der Waals surface area contributed by atoms with E-state index in [0.29, 0.717) is 16.9 Å². The molecule has 2 aromatic heterocycles. The maximum absolute atomic E-state index is 13.7. The third-order valence-electron chi connectivity index (χ3n) is 4.07. The van der Waals surface area contributed by atoms with E-state index in [1.54, 1.807) is 56.7 Å². The summed E-state index contributed by atoms with van der Waals surface area (Å²) >= 11 is 0. The molecule has 8 heteroatoms. The highest BCUT2D eigenvalue weighted by atomic mass is 19.2. The molecule has 3 rings (SSSR count). The van der Waals surface area contributed by atoms with E-state index >= 15 is 0 Å². The number of aromatic nitrogens is 2. The van der Waals surface area contributed by atoms with Crippen LogP contribution in [0.5, 0.6) is 5.75 Å². The molecule has 0 radical (unpaired) electrons. The summed E-state index contributed by atoms with van der Waals surface area (Å²) in [6.45, 7) is 5.58. The molecule has 6 nitrogen and oxygen atoms in total. The fourth-order valence-electron chi connectivity index (χ4n) is 2.73. The maximum Gasteiger partial charge on any atom is 0.410 e. The van der Waals surface area contributed by atoms with Crippen molar-refractivity contribution in [1.82, 2.24) is 14.3 Å². The number of carbonyl (C=O) groups is 1. The Balaban J connectivity index is 1.93. The first-order valence-corrected chi connectivity index (χ1v) is 8.64. The van der Waals surface area contributed by atoms with Crippen LogP contribution < -0.4 is 0 Å². The Morgan fingerprint density at radius 3 is 2.64 bits per heavy atom. The minimum atomic E-state index is -1.30. The zero-order valence-corrected chi connectivity index (χ0v) is 16.0. The van der Waals surface area contributed by atoms with Crippen molar-refractivity contribution in [2.45, 2.75) is 32.9 Å². The Kier molecular flexibility index (Phi) is 4.97. The van der Waals surface area contributed by atoms with Gasteiger partial charge < -0.3 is 19.1 Å². The van der Waals surface area contributed by atoms with Crippen molar-refractivity contribution in [2.75, 3.05) is 7.05 Å². The monoisotopic (exact) mass is 389 g/mol. The molecule has 0 aliphatic rings. The van der Waals surface area contributed by atoms with Crippen molar-refractivity contribution >= 4 is 11.7 Å². The smallest absolute Gasteiger partial charge is 0.410 e. The average Bonchev–Trinajstić information content (AvgIpc) is 3.00. The number of imidazole rings is 1. The second kappa shape index (κ2) is 7.10. The van der Waals surface area contributed by atoms with Gasteiger partial charge in [0.1, 0.15) is 11.2 Å². The lowest BCUT2D eigenvalue weighted by Gasteiger charge is -2.24. The van der Waals surface area contributed by atoms with Crippen molar-refractivity contribution in [1.29, 1.82) is 0 Å². The number of pyridine rings is 1. The molecule has 0 saturated carbocycles. The zero-order valence-electron chi connectivity index (χ0n) is 16.0. The van der Waals surface area contributed by atoms with Gasteiger partial charge in [0.25, 0.3) is 0 Å². The fourth-order valence-corrected chi connectivity index (χ4v) is 2.73. The Hall–Kier alpha value is -3.16. The number of phenolic OH excluding ortho intramolecular Hbond substituents is 1. The minimum absolute atomic E-state index is 0.154. The fraction of sp³-hybridized carbons (Fsp3) is 0.300. The standard InChI is InChI=1S/C20H21F2N3O3/c1-20(2,3)28-19(27)24(4)11-13-9-23-16-8-5-12(10-25(13)16)14-6-7-15(21)17(22)18(14)26/h5-10,26H,11H2,1-4H3. The highest BCUT2D eigenvalue weighted by Gasteiger charge is 2.21. The third-order valence-corrected chi connectivity index (χ3v) is 4.07. The van der Waals surface area contributed by atoms with Crippen LogP contribution in [0.3, 0.4) is 0 Å². The predicted molar refractivity (Wildman–Crippen MR) is 99.9 cm³/mol. The first kappa shape index (κ1) is 19.6. The van der Waals surface area contributed by atoms with Gasteiger partial charge in [0.05, 0.1) is 18.4 Å². The summed E-state index contributed by atoms with van der Waals surface area (Å²) < 4.78 is 34.0. The van der Waals surface area contributed by atoms with E-state index in [9.17, 15) is 18.7 Å². The highest BCUT2D eigenvalue weighted by molar-refractivity contribution is 5.71. The summed E-state index contributed by atoms with van der Waals surface area (Å²) in [7, 11) is 1.61. The highest BCUT2D eigenvalue weighted by Crippen LogP contribution is 2.33. The van der Waals surface area contributed by atoms with Crippen LogP contribution >= 0.6 is 0 Å². The molecule has 0 aliphatic carbocycles. The molecule has 28 heavy (non-hydrogen) atoms. The number of benzene rings is 1. The number of fused-ring (bicyclic) bond motifs is 1. The van der Waals surface area contributed by atoms with Gasteiger partial charge in [-0.2, -0.15) is 4.39 Å². The summed E-state index contributed by atoms with van der Waals surface area (Å²) in [5.41, 5.74) is 1.32. The first-order chi connectivity index (χ1) is 13.1. The largest absolute Gasteiger partial charge is 0.504 e. The number of aromatic hydroxyl groups is 1. The number of ether oxygens (including phenoxy) is 1. The Morgan fingerprint density at radius 2 is 1.96 bits per heavy atom. The number of rotatable bonds is 3. The molecule has 3 aromatic rings. The Bertz CT molecular complexity index is 1040. The van der Waals surface area contributed by atoms with Crippen LogP contribution in [0.2, 0.25) is 0 Å². The van der Waals surface area contributed by atoms with E-state index in [2.05, 4.69) is 4.98 Å². The van der Waals surface area contributed by atoms with E-state index in [1.165, 1.54) is 11.0 Å². The molecular weight excluding hydrogens is 368 g/mol. The van der Waals surface area contributed by atoms with Gasteiger partial charge in [-0.3, -0.25) is 0 Å². The number of carbonyl (C=O) groups excluding carboxylic acids is 1. The summed E-state index contributed by atoms with van der Waals surface area (Å²) in [6.07, 6.45) is 2.79. The summed E-state index contributed by atoms with van der Waals surface area (Å²) in [5.74, 6) is -3.18. The van der Waals surface area contributed by atoms with Crippen molar-refractivity contribution in [3.05, 3.63) is 54.0 Å². The molecule has 0 saturated heterocycles. The van der Waals surface area contributed by atoms with Crippen LogP contribution in [-0.4, -0.2) is 38.1 Å². The summed E-state index contributed by atoms with van der Waals surface area (Å²) in [5, 5.41) is 9.94. The Labute approximate surface area is 161 Å². The maximum atomic E-state index is 13.7. The molecule has 1 aromatic carbocycles. The van der Waals surface area contributed by atoms with Gasteiger partial charge in [0.15, 0.2) is 11.6 Å². The molecule has 0 bridgehead atoms. The van der Waals surface area contributed by atoms with Gasteiger partial charge in [0, 0.05) is 24.4 Å². The topological polar surface area (TPSA) is 67.1 Å². The molecule has 0 spiro atoms. The quantitative estimate of drug-likeness (QED) is 0.723. The summed E-state index contributed by atoms with van der Waals surface area (Å²) in [6, 6.07) is 5.60. The van der Waals surface area contributed by atoms with Gasteiger partial charge in [-0.25, -0.2) is 14.2 Å². The SMILES string of the molecule is CN(Cc1cnc2ccc(-c3ccc(F)c(F)c3O)cn12)C(=O)OC(C)(C)C. The van der Waals surface area contributed by atoms with Crippen molar-refractivity contribution in [3.63, 3.8) is 0 Å². The lowest BCUT2D eigenvalue weighted by atomic mass is 10.1. The van der Waals surface area contributed by atoms with Gasteiger partial charge in [-0.15, -0.1) is 0 Å². The lowest BCUT2D eigenvalue weighted by Crippen LogP contribution is -2.34. The number of hydrogen-bond donors (Lipinski definition) is 1. The van der Waals surface area contributed by atoms with Gasteiger partial charge in [-0.05, 0) is 45.0 Å². The molecule has 2 heterocycles. The second-order valence-electron chi connectivity index (χ2n) is 7.49. The number of halogens is 2. The van der Waals surface area contributed by atoms with Crippen LogP contribution in [0.4, 0.5) is 13.6 Å². The van der Waals surface area contributed by atoms with Crippen LogP contribution in [0.1, 0.15) is 26.5 Å². The van der Waals surface area contributed by atoms with Gasteiger partial charge in [0.2, 0.25) is 5.82 Å². The number of nitrogens with zero attached hydrogens (tertiary/aromatic N) is 3. The number of amides is 1. The zero-order chi connectivity index (χ0) is 20.6. The summed E-state index contributed by atoms with van der Waals surface area (Å²) in [4.78, 5) is 17.9. The van der Waals surface area contributed by atoms with Crippen LogP contribution in [0.25, 0.3) is 16.8 Å². The Morgan fingerprint density at radius 1 is 1.25 bits per heavy atom. The molecule has 148 valence electrons. The van der Waals surface area contributed by atoms with Crippen molar-refractivity contribution in [3.8, 4) is 16.9 Å². The van der Waals surface area contributed by atoms with Crippen molar-refractivity contribution in [2.24, 2.45) is 0 Å². The predicted octanol–water partition coefficient (Wildman–Crippen LogP) is 4.35. The molecular formula is C20H21F2N3O3. The molecule has 0 fully saturated rings. The number of hydrogen-bond acceptors (Lipinski definition) is 4. The molecule has 1 N–H and O–H groups in total. The van der Waals surface area contributed by atoms with E-state index in [1.807, 2.05) is 0 Å². The molecule has 0 atom stereocenters. The van der Waals surface area contributed by atoms with Gasteiger partial charge >= 0.3 is 6.09 Å². The van der Waals surface area contributed by atoms with E-state index in [0.717, 1.165) is 6.07 Å². The van der Waals surface area contributed by atoms with Gasteiger partial charge in [-0.1, -0.05) is 0 Å². The molecule has 0 unspecified atom stereocenters. The first-order valence-electron chi connectivity index (χ1n) is 8.64. The van der Waals surface area contributed by atoms with Crippen LogP contribution in [0, 0.1) is 11.6 Å². The average molecular weight is 389 g/mol. The third kappa shape index (κ3) is 3.90. The lowest BCUT2D eigenvalue weighted by molar-refractivity contribution is 0.0283. The minimum Gasteiger partial charge on any atom is -0.504 e. The van der Waals surface area contributed by atoms with E-state index < -0.39 is 29.1 Å².